The molecule has 0 atom stereocenters. The van der Waals surface area contributed by atoms with Gasteiger partial charge in [-0.1, -0.05) is 0 Å². The van der Waals surface area contributed by atoms with E-state index in [0.29, 0.717) is 5.88 Å². The molecule has 0 unspecified atom stereocenters. The van der Waals surface area contributed by atoms with Gasteiger partial charge in [-0.25, -0.2) is 4.98 Å². The molecular weight excluding hydrogens is 208 g/mol. The van der Waals surface area contributed by atoms with Crippen molar-refractivity contribution in [1.29, 1.82) is 0 Å². The number of ether oxygens (including phenoxy) is 1. The van der Waals surface area contributed by atoms with E-state index in [1.807, 2.05) is 6.92 Å². The molecular formula is C10H12N4O2. The Hall–Kier alpha value is -1.95. The van der Waals surface area contributed by atoms with Crippen molar-refractivity contribution < 1.29 is 9.84 Å². The molecule has 6 nitrogen and oxygen atoms in total. The first kappa shape index (κ1) is 10.6. The standard InChI is InChI=1S/C10H12N4O2/c1-7-8(5-15)3-4-9(12-7)16-10-11-6-14(2)13-10/h3-4,6,15H,5H2,1-2H3. The maximum absolute atomic E-state index is 8.99. The van der Waals surface area contributed by atoms with Crippen molar-refractivity contribution in [3.05, 3.63) is 29.7 Å². The van der Waals surface area contributed by atoms with E-state index in [0.717, 1.165) is 11.3 Å². The van der Waals surface area contributed by atoms with Gasteiger partial charge in [-0.15, -0.1) is 5.10 Å². The number of aryl methyl sites for hydroxylation is 2. The van der Waals surface area contributed by atoms with Crippen LogP contribution in [0, 0.1) is 6.92 Å². The molecule has 0 spiro atoms. The third-order valence-corrected chi connectivity index (χ3v) is 2.11. The molecule has 0 fully saturated rings. The summed E-state index contributed by atoms with van der Waals surface area (Å²) in [6, 6.07) is 3.70. The Bertz CT molecular complexity index is 495. The zero-order valence-electron chi connectivity index (χ0n) is 9.08. The van der Waals surface area contributed by atoms with Gasteiger partial charge in [0, 0.05) is 18.8 Å². The van der Waals surface area contributed by atoms with Gasteiger partial charge in [0.1, 0.15) is 6.33 Å². The summed E-state index contributed by atoms with van der Waals surface area (Å²) < 4.78 is 6.89. The van der Waals surface area contributed by atoms with Gasteiger partial charge in [-0.3, -0.25) is 4.68 Å². The zero-order valence-corrected chi connectivity index (χ0v) is 9.08. The number of pyridine rings is 1. The second-order valence-corrected chi connectivity index (χ2v) is 3.36. The van der Waals surface area contributed by atoms with Gasteiger partial charge in [-0.05, 0) is 18.6 Å². The number of hydrogen-bond donors (Lipinski definition) is 1. The molecule has 0 aliphatic carbocycles. The molecule has 2 rings (SSSR count). The summed E-state index contributed by atoms with van der Waals surface area (Å²) in [4.78, 5) is 8.10. The van der Waals surface area contributed by atoms with Gasteiger partial charge in [0.05, 0.1) is 6.61 Å². The maximum atomic E-state index is 8.99. The normalized spacial score (nSPS) is 10.4. The van der Waals surface area contributed by atoms with E-state index in [-0.39, 0.29) is 12.6 Å². The van der Waals surface area contributed by atoms with Crippen LogP contribution in [0.3, 0.4) is 0 Å². The molecule has 0 saturated heterocycles. The van der Waals surface area contributed by atoms with Crippen LogP contribution < -0.4 is 4.74 Å². The van der Waals surface area contributed by atoms with Crippen molar-refractivity contribution in [3.63, 3.8) is 0 Å². The maximum Gasteiger partial charge on any atom is 0.342 e. The van der Waals surface area contributed by atoms with Crippen LogP contribution in [0.2, 0.25) is 0 Å². The average molecular weight is 220 g/mol. The second-order valence-electron chi connectivity index (χ2n) is 3.36. The number of aliphatic hydroxyl groups is 1. The number of rotatable bonds is 3. The van der Waals surface area contributed by atoms with E-state index in [1.54, 1.807) is 30.2 Å². The predicted octanol–water partition coefficient (Wildman–Crippen LogP) is 0.803. The lowest BCUT2D eigenvalue weighted by Crippen LogP contribution is -1.96. The molecule has 2 aromatic heterocycles. The van der Waals surface area contributed by atoms with Gasteiger partial charge >= 0.3 is 6.01 Å². The minimum atomic E-state index is -0.0268. The average Bonchev–Trinajstić information content (AvgIpc) is 2.64. The molecule has 0 bridgehead atoms. The Balaban J connectivity index is 2.19. The van der Waals surface area contributed by atoms with Crippen LogP contribution in [-0.4, -0.2) is 24.9 Å². The quantitative estimate of drug-likeness (QED) is 0.828. The molecule has 2 aromatic rings. The molecule has 0 aliphatic rings. The molecule has 84 valence electrons. The first-order valence-corrected chi connectivity index (χ1v) is 4.80. The number of nitrogens with zero attached hydrogens (tertiary/aromatic N) is 4. The second kappa shape index (κ2) is 4.28. The molecule has 0 aliphatic heterocycles. The van der Waals surface area contributed by atoms with E-state index >= 15 is 0 Å². The molecule has 0 radical (unpaired) electrons. The molecule has 0 aromatic carbocycles. The Kier molecular flexibility index (Phi) is 2.82. The molecule has 6 heteroatoms. The number of aromatic nitrogens is 4. The predicted molar refractivity (Wildman–Crippen MR) is 56.0 cm³/mol. The third-order valence-electron chi connectivity index (χ3n) is 2.11. The van der Waals surface area contributed by atoms with Crippen molar-refractivity contribution in [3.8, 4) is 11.9 Å². The van der Waals surface area contributed by atoms with Crippen molar-refractivity contribution in [2.45, 2.75) is 13.5 Å². The lowest BCUT2D eigenvalue weighted by molar-refractivity contribution is 0.280. The van der Waals surface area contributed by atoms with Crippen LogP contribution in [0.4, 0.5) is 0 Å². The summed E-state index contributed by atoms with van der Waals surface area (Å²) in [5.41, 5.74) is 1.51. The first-order chi connectivity index (χ1) is 7.69. The highest BCUT2D eigenvalue weighted by atomic mass is 16.5. The van der Waals surface area contributed by atoms with Gasteiger partial charge in [0.15, 0.2) is 0 Å². The molecule has 1 N–H and O–H groups in total. The molecule has 0 saturated carbocycles. The fourth-order valence-electron chi connectivity index (χ4n) is 1.25. The van der Waals surface area contributed by atoms with Crippen LogP contribution in [-0.2, 0) is 13.7 Å². The Morgan fingerprint density at radius 1 is 1.44 bits per heavy atom. The van der Waals surface area contributed by atoms with Gasteiger partial charge in [0.2, 0.25) is 5.88 Å². The van der Waals surface area contributed by atoms with Gasteiger partial charge in [-0.2, -0.15) is 4.98 Å². The lowest BCUT2D eigenvalue weighted by Gasteiger charge is -2.04. The molecule has 0 amide bonds. The Labute approximate surface area is 92.5 Å². The van der Waals surface area contributed by atoms with E-state index in [4.69, 9.17) is 9.84 Å². The Morgan fingerprint density at radius 3 is 2.81 bits per heavy atom. The highest BCUT2D eigenvalue weighted by molar-refractivity contribution is 5.25. The SMILES string of the molecule is Cc1nc(Oc2ncn(C)n2)ccc1CO. The van der Waals surface area contributed by atoms with Gasteiger partial charge < -0.3 is 9.84 Å². The third kappa shape index (κ3) is 2.17. The summed E-state index contributed by atoms with van der Waals surface area (Å²) in [6.07, 6.45) is 1.55. The monoisotopic (exact) mass is 220 g/mol. The van der Waals surface area contributed by atoms with Crippen molar-refractivity contribution in [2.75, 3.05) is 0 Å². The summed E-state index contributed by atoms with van der Waals surface area (Å²) >= 11 is 0. The number of aliphatic hydroxyl groups excluding tert-OH is 1. The fraction of sp³-hybridized carbons (Fsp3) is 0.300. The Morgan fingerprint density at radius 2 is 2.25 bits per heavy atom. The fourth-order valence-corrected chi connectivity index (χ4v) is 1.25. The highest BCUT2D eigenvalue weighted by Gasteiger charge is 2.05. The highest BCUT2D eigenvalue weighted by Crippen LogP contribution is 2.16. The minimum Gasteiger partial charge on any atom is -0.404 e. The minimum absolute atomic E-state index is 0.0268. The van der Waals surface area contributed by atoms with Crippen LogP contribution in [0.25, 0.3) is 0 Å². The van der Waals surface area contributed by atoms with Crippen molar-refractivity contribution in [1.82, 2.24) is 19.7 Å². The lowest BCUT2D eigenvalue weighted by atomic mass is 10.2. The van der Waals surface area contributed by atoms with Crippen LogP contribution in [0.15, 0.2) is 18.5 Å². The molecule has 2 heterocycles. The van der Waals surface area contributed by atoms with E-state index in [9.17, 15) is 0 Å². The summed E-state index contributed by atoms with van der Waals surface area (Å²) in [6.45, 7) is 1.78. The van der Waals surface area contributed by atoms with E-state index in [2.05, 4.69) is 15.1 Å². The van der Waals surface area contributed by atoms with Crippen LogP contribution >= 0.6 is 0 Å². The topological polar surface area (TPSA) is 73.1 Å². The van der Waals surface area contributed by atoms with Crippen LogP contribution in [0.1, 0.15) is 11.3 Å². The summed E-state index contributed by atoms with van der Waals surface area (Å²) in [5, 5.41) is 13.0. The van der Waals surface area contributed by atoms with Crippen molar-refractivity contribution >= 4 is 0 Å². The van der Waals surface area contributed by atoms with E-state index < -0.39 is 0 Å². The van der Waals surface area contributed by atoms with Crippen LogP contribution in [0.5, 0.6) is 11.9 Å². The largest absolute Gasteiger partial charge is 0.404 e. The zero-order chi connectivity index (χ0) is 11.5. The first-order valence-electron chi connectivity index (χ1n) is 4.80. The van der Waals surface area contributed by atoms with Gasteiger partial charge in [0.25, 0.3) is 0 Å². The summed E-state index contributed by atoms with van der Waals surface area (Å²) in [5.74, 6) is 0.418. The van der Waals surface area contributed by atoms with Crippen molar-refractivity contribution in [2.24, 2.45) is 7.05 Å². The number of hydrogen-bond acceptors (Lipinski definition) is 5. The van der Waals surface area contributed by atoms with E-state index in [1.165, 1.54) is 0 Å². The smallest absolute Gasteiger partial charge is 0.342 e. The molecule has 16 heavy (non-hydrogen) atoms. The summed E-state index contributed by atoms with van der Waals surface area (Å²) in [7, 11) is 1.76.